The molecule has 7 nitrogen and oxygen atoms in total. The monoisotopic (exact) mass is 382 g/mol. The first-order valence-electron chi connectivity index (χ1n) is 9.04. The van der Waals surface area contributed by atoms with Gasteiger partial charge in [-0.3, -0.25) is 4.57 Å². The van der Waals surface area contributed by atoms with Gasteiger partial charge in [-0.15, -0.1) is 0 Å². The third kappa shape index (κ3) is 3.11. The lowest BCUT2D eigenvalue weighted by atomic mass is 10.0. The van der Waals surface area contributed by atoms with Gasteiger partial charge in [0.05, 0.1) is 23.7 Å². The van der Waals surface area contributed by atoms with Crippen LogP contribution in [0.1, 0.15) is 43.8 Å². The predicted octanol–water partition coefficient (Wildman–Crippen LogP) is 4.03. The molecule has 1 aliphatic heterocycles. The molecule has 2 aromatic heterocycles. The minimum absolute atomic E-state index is 0.133. The molecule has 144 valence electrons. The van der Waals surface area contributed by atoms with Gasteiger partial charge in [0.15, 0.2) is 0 Å². The number of aromatic nitrogens is 4. The van der Waals surface area contributed by atoms with Gasteiger partial charge in [-0.2, -0.15) is 0 Å². The Labute approximate surface area is 161 Å². The number of carbonyl (C=O) groups is 1. The molecule has 0 spiro atoms. The van der Waals surface area contributed by atoms with E-state index in [-0.39, 0.29) is 24.2 Å². The summed E-state index contributed by atoms with van der Waals surface area (Å²) in [6.45, 7) is 5.90. The number of hydrogen-bond donors (Lipinski definition) is 0. The van der Waals surface area contributed by atoms with Crippen LogP contribution in [0.4, 0.5) is 9.18 Å². The second kappa shape index (κ2) is 7.03. The molecule has 0 aliphatic carbocycles. The van der Waals surface area contributed by atoms with Gasteiger partial charge in [-0.1, -0.05) is 13.8 Å². The number of fused-ring (bicyclic) bond motifs is 5. The van der Waals surface area contributed by atoms with Crippen LogP contribution in [0.15, 0.2) is 30.7 Å². The quantitative estimate of drug-likeness (QED) is 0.498. The van der Waals surface area contributed by atoms with Crippen LogP contribution in [0.5, 0.6) is 5.88 Å². The van der Waals surface area contributed by atoms with E-state index in [4.69, 9.17) is 14.5 Å². The van der Waals surface area contributed by atoms with Gasteiger partial charge in [0, 0.05) is 29.7 Å². The molecule has 1 aromatic carbocycles. The molecule has 0 saturated carbocycles. The number of halogens is 1. The molecule has 8 heteroatoms. The van der Waals surface area contributed by atoms with Crippen LogP contribution in [0.25, 0.3) is 16.9 Å². The zero-order valence-electron chi connectivity index (χ0n) is 15.8. The molecule has 4 rings (SSSR count). The van der Waals surface area contributed by atoms with Crippen molar-refractivity contribution in [3.63, 3.8) is 0 Å². The van der Waals surface area contributed by atoms with Crippen molar-refractivity contribution in [2.75, 3.05) is 6.61 Å². The van der Waals surface area contributed by atoms with Crippen LogP contribution in [0.3, 0.4) is 0 Å². The zero-order chi connectivity index (χ0) is 19.8. The maximum Gasteiger partial charge on any atom is 0.515 e. The first kappa shape index (κ1) is 18.1. The van der Waals surface area contributed by atoms with Gasteiger partial charge >= 0.3 is 6.16 Å². The summed E-state index contributed by atoms with van der Waals surface area (Å²) in [5.41, 5.74) is 3.44. The highest BCUT2D eigenvalue weighted by Crippen LogP contribution is 2.37. The highest BCUT2D eigenvalue weighted by atomic mass is 19.1. The van der Waals surface area contributed by atoms with Crippen molar-refractivity contribution in [2.24, 2.45) is 0 Å². The molecule has 3 aromatic rings. The fraction of sp³-hybridized carbons (Fsp3) is 0.300. The van der Waals surface area contributed by atoms with Gasteiger partial charge in [-0.25, -0.2) is 24.1 Å². The normalized spacial score (nSPS) is 12.0. The van der Waals surface area contributed by atoms with Crippen molar-refractivity contribution in [3.05, 3.63) is 53.6 Å². The molecular weight excluding hydrogens is 363 g/mol. The summed E-state index contributed by atoms with van der Waals surface area (Å²) in [6.07, 6.45) is 2.84. The van der Waals surface area contributed by atoms with Gasteiger partial charge in [0.2, 0.25) is 5.88 Å². The molecule has 0 fully saturated rings. The van der Waals surface area contributed by atoms with E-state index in [1.165, 1.54) is 12.1 Å². The van der Waals surface area contributed by atoms with Crippen molar-refractivity contribution >= 4 is 6.16 Å². The summed E-state index contributed by atoms with van der Waals surface area (Å²) in [4.78, 5) is 25.1. The number of rotatable bonds is 3. The number of nitrogens with zero attached hydrogens (tertiary/aromatic N) is 4. The summed E-state index contributed by atoms with van der Waals surface area (Å²) in [7, 11) is 0. The van der Waals surface area contributed by atoms with Crippen LogP contribution < -0.4 is 4.74 Å². The SMILES string of the molecule is CCOC(=O)Oc1ncn2c1Cc1cnc(C(C)C)nc1-c1cc(F)ccc1-2. The molecular formula is C20H19FN4O3. The van der Waals surface area contributed by atoms with E-state index >= 15 is 0 Å². The van der Waals surface area contributed by atoms with E-state index in [2.05, 4.69) is 9.97 Å². The van der Waals surface area contributed by atoms with Crippen molar-refractivity contribution in [1.82, 2.24) is 19.5 Å². The Morgan fingerprint density at radius 3 is 2.89 bits per heavy atom. The van der Waals surface area contributed by atoms with E-state index in [0.717, 1.165) is 5.56 Å². The van der Waals surface area contributed by atoms with Gasteiger partial charge in [-0.05, 0) is 25.1 Å². The van der Waals surface area contributed by atoms with E-state index < -0.39 is 6.16 Å². The van der Waals surface area contributed by atoms with Crippen molar-refractivity contribution in [2.45, 2.75) is 33.1 Å². The summed E-state index contributed by atoms with van der Waals surface area (Å²) in [6, 6.07) is 4.49. The highest BCUT2D eigenvalue weighted by Gasteiger charge is 2.26. The number of ether oxygens (including phenoxy) is 2. The zero-order valence-corrected chi connectivity index (χ0v) is 15.8. The molecule has 1 aliphatic rings. The lowest BCUT2D eigenvalue weighted by Crippen LogP contribution is -2.12. The average Bonchev–Trinajstić information content (AvgIpc) is 2.98. The van der Waals surface area contributed by atoms with E-state index in [0.29, 0.717) is 34.9 Å². The number of carbonyl (C=O) groups excluding carboxylic acids is 1. The lowest BCUT2D eigenvalue weighted by molar-refractivity contribution is 0.102. The van der Waals surface area contributed by atoms with Crippen LogP contribution in [-0.4, -0.2) is 32.3 Å². The molecule has 28 heavy (non-hydrogen) atoms. The first-order chi connectivity index (χ1) is 13.5. The van der Waals surface area contributed by atoms with E-state index in [1.807, 2.05) is 13.8 Å². The maximum absolute atomic E-state index is 14.1. The Hall–Kier alpha value is -3.29. The topological polar surface area (TPSA) is 79.1 Å². The standard InChI is InChI=1S/C20H19FN4O3/c1-4-27-20(26)28-19-16-7-12-9-22-18(11(2)3)24-17(12)14-8-13(21)5-6-15(14)25(16)10-23-19/h5-6,8-11H,4,7H2,1-3H3. The van der Waals surface area contributed by atoms with Crippen molar-refractivity contribution in [1.29, 1.82) is 0 Å². The fourth-order valence-corrected chi connectivity index (χ4v) is 3.19. The van der Waals surface area contributed by atoms with Crippen molar-refractivity contribution in [3.8, 4) is 22.8 Å². The Bertz CT molecular complexity index is 1060. The molecule has 0 atom stereocenters. The predicted molar refractivity (Wildman–Crippen MR) is 99.1 cm³/mol. The highest BCUT2D eigenvalue weighted by molar-refractivity contribution is 5.75. The Morgan fingerprint density at radius 1 is 1.32 bits per heavy atom. The summed E-state index contributed by atoms with van der Waals surface area (Å²) >= 11 is 0. The van der Waals surface area contributed by atoms with E-state index in [9.17, 15) is 9.18 Å². The Balaban J connectivity index is 1.90. The summed E-state index contributed by atoms with van der Waals surface area (Å²) in [5, 5.41) is 0. The number of benzene rings is 1. The number of imidazole rings is 1. The minimum atomic E-state index is -0.820. The van der Waals surface area contributed by atoms with Crippen LogP contribution in [-0.2, 0) is 11.2 Å². The van der Waals surface area contributed by atoms with Crippen molar-refractivity contribution < 1.29 is 18.7 Å². The molecule has 0 amide bonds. The smallest absolute Gasteiger partial charge is 0.434 e. The van der Waals surface area contributed by atoms with Gasteiger partial charge in [0.25, 0.3) is 0 Å². The van der Waals surface area contributed by atoms with Gasteiger partial charge in [0.1, 0.15) is 18.0 Å². The van der Waals surface area contributed by atoms with Crippen LogP contribution in [0.2, 0.25) is 0 Å². The Kier molecular flexibility index (Phi) is 4.54. The molecule has 0 saturated heterocycles. The summed E-state index contributed by atoms with van der Waals surface area (Å²) in [5.74, 6) is 0.603. The van der Waals surface area contributed by atoms with Crippen LogP contribution in [0, 0.1) is 5.82 Å². The second-order valence-corrected chi connectivity index (χ2v) is 6.75. The largest absolute Gasteiger partial charge is 0.515 e. The molecule has 3 heterocycles. The summed E-state index contributed by atoms with van der Waals surface area (Å²) < 4.78 is 25.9. The second-order valence-electron chi connectivity index (χ2n) is 6.75. The van der Waals surface area contributed by atoms with Gasteiger partial charge < -0.3 is 9.47 Å². The molecule has 0 unspecified atom stereocenters. The first-order valence-corrected chi connectivity index (χ1v) is 9.04. The maximum atomic E-state index is 14.1. The Morgan fingerprint density at radius 2 is 2.14 bits per heavy atom. The molecule has 0 bridgehead atoms. The minimum Gasteiger partial charge on any atom is -0.434 e. The lowest BCUT2D eigenvalue weighted by Gasteiger charge is -2.12. The molecule has 0 radical (unpaired) electrons. The number of hydrogen-bond acceptors (Lipinski definition) is 6. The molecule has 0 N–H and O–H groups in total. The van der Waals surface area contributed by atoms with E-state index in [1.54, 1.807) is 30.1 Å². The third-order valence-electron chi connectivity index (χ3n) is 4.50. The fourth-order valence-electron chi connectivity index (χ4n) is 3.19. The third-order valence-corrected chi connectivity index (χ3v) is 4.50. The average molecular weight is 382 g/mol. The van der Waals surface area contributed by atoms with Crippen LogP contribution >= 0.6 is 0 Å².